The smallest absolute Gasteiger partial charge is 0.122 e. The van der Waals surface area contributed by atoms with Crippen LogP contribution >= 0.6 is 0 Å². The third-order valence-electron chi connectivity index (χ3n) is 11.5. The first-order valence-corrected chi connectivity index (χ1v) is 19.6. The van der Waals surface area contributed by atoms with Gasteiger partial charge in [-0.2, -0.15) is 0 Å². The highest BCUT2D eigenvalue weighted by molar-refractivity contribution is 5.61. The zero-order chi connectivity index (χ0) is 41.3. The third-order valence-corrected chi connectivity index (χ3v) is 11.5. The lowest BCUT2D eigenvalue weighted by Gasteiger charge is -2.34. The highest BCUT2D eigenvalue weighted by atomic mass is 16.3. The first-order chi connectivity index (χ1) is 27.7. The van der Waals surface area contributed by atoms with Crippen LogP contribution in [0.3, 0.4) is 0 Å². The van der Waals surface area contributed by atoms with E-state index in [1.807, 2.05) is 119 Å². The molecule has 0 fully saturated rings. The zero-order valence-electron chi connectivity index (χ0n) is 33.6. The third kappa shape index (κ3) is 8.10. The molecular weight excluding hydrogens is 721 g/mol. The lowest BCUT2D eigenvalue weighted by atomic mass is 9.69. The molecule has 7 aromatic carbocycles. The average molecular weight is 771 g/mol. The monoisotopic (exact) mass is 770 g/mol. The molecule has 0 spiro atoms. The van der Waals surface area contributed by atoms with Gasteiger partial charge in [0.15, 0.2) is 0 Å². The van der Waals surface area contributed by atoms with E-state index in [0.717, 1.165) is 38.9 Å². The Morgan fingerprint density at radius 2 is 0.603 bits per heavy atom. The van der Waals surface area contributed by atoms with Crippen LogP contribution in [0.4, 0.5) is 0 Å². The molecule has 0 aliphatic carbocycles. The van der Waals surface area contributed by atoms with Crippen molar-refractivity contribution in [2.24, 2.45) is 0 Å². The molecule has 0 unspecified atom stereocenters. The van der Waals surface area contributed by atoms with E-state index in [2.05, 4.69) is 19.1 Å². The number of aromatic hydroxyl groups is 6. The minimum atomic E-state index is -0.901. The Morgan fingerprint density at radius 3 is 0.879 bits per heavy atom. The van der Waals surface area contributed by atoms with E-state index in [1.54, 1.807) is 24.3 Å². The van der Waals surface area contributed by atoms with Gasteiger partial charge in [-0.05, 0) is 120 Å². The van der Waals surface area contributed by atoms with Crippen molar-refractivity contribution < 1.29 is 30.6 Å². The summed E-state index contributed by atoms with van der Waals surface area (Å²) in [6, 6.07) is 39.8. The van der Waals surface area contributed by atoms with E-state index in [4.69, 9.17) is 0 Å². The molecule has 0 saturated carbocycles. The summed E-state index contributed by atoms with van der Waals surface area (Å²) in [5, 5.41) is 68.0. The minimum Gasteiger partial charge on any atom is -0.508 e. The van der Waals surface area contributed by atoms with Crippen molar-refractivity contribution in [2.45, 2.75) is 65.7 Å². The molecule has 0 bridgehead atoms. The Kier molecular flexibility index (Phi) is 11.0. The molecule has 6 heteroatoms. The maximum atomic E-state index is 12.1. The van der Waals surface area contributed by atoms with Crippen molar-refractivity contribution in [3.63, 3.8) is 0 Å². The molecule has 6 nitrogen and oxygen atoms in total. The molecule has 294 valence electrons. The van der Waals surface area contributed by atoms with Gasteiger partial charge >= 0.3 is 0 Å². The van der Waals surface area contributed by atoms with Crippen LogP contribution in [0.25, 0.3) is 0 Å². The minimum absolute atomic E-state index is 0.0814. The van der Waals surface area contributed by atoms with Gasteiger partial charge in [0.1, 0.15) is 34.5 Å². The number of hydrogen-bond acceptors (Lipinski definition) is 6. The highest BCUT2D eigenvalue weighted by Crippen LogP contribution is 2.45. The summed E-state index contributed by atoms with van der Waals surface area (Å²) in [6.07, 6.45) is 0.985. The summed E-state index contributed by atoms with van der Waals surface area (Å²) in [5.41, 5.74) is 10.8. The quantitative estimate of drug-likeness (QED) is 0.0729. The van der Waals surface area contributed by atoms with E-state index in [-0.39, 0.29) is 60.2 Å². The normalized spacial score (nSPS) is 11.5. The fraction of sp³-hybridized carbons (Fsp3) is 0.192. The molecule has 0 amide bonds. The van der Waals surface area contributed by atoms with E-state index in [0.29, 0.717) is 44.5 Å². The molecule has 0 atom stereocenters. The summed E-state index contributed by atoms with van der Waals surface area (Å²) < 4.78 is 0. The number of phenols is 6. The SMILES string of the molecule is Cc1ccc(O)c(Cc2cc(C(C)(c3ccccc3)c3cc(Cc4cc(C)ccc4O)c(O)c(Cc4cc(C)ccc4O)c3)cc(Cc3cc(C)ccc3O)c2O)c1. The van der Waals surface area contributed by atoms with Gasteiger partial charge < -0.3 is 30.6 Å². The van der Waals surface area contributed by atoms with Crippen LogP contribution in [0.1, 0.15) is 90.4 Å². The van der Waals surface area contributed by atoms with Crippen LogP contribution in [-0.2, 0) is 31.1 Å². The average Bonchev–Trinajstić information content (AvgIpc) is 3.20. The van der Waals surface area contributed by atoms with Gasteiger partial charge in [-0.15, -0.1) is 0 Å². The topological polar surface area (TPSA) is 121 Å². The van der Waals surface area contributed by atoms with Gasteiger partial charge in [0.2, 0.25) is 0 Å². The summed E-state index contributed by atoms with van der Waals surface area (Å²) in [4.78, 5) is 0. The van der Waals surface area contributed by atoms with Crippen LogP contribution in [0.2, 0.25) is 0 Å². The van der Waals surface area contributed by atoms with Crippen molar-refractivity contribution >= 4 is 0 Å². The van der Waals surface area contributed by atoms with Gasteiger partial charge in [0.25, 0.3) is 0 Å². The fourth-order valence-electron chi connectivity index (χ4n) is 8.15. The summed E-state index contributed by atoms with van der Waals surface area (Å²) in [5.74, 6) is 0.684. The lowest BCUT2D eigenvalue weighted by Crippen LogP contribution is -2.26. The van der Waals surface area contributed by atoms with Crippen molar-refractivity contribution in [3.05, 3.63) is 211 Å². The molecule has 6 N–H and O–H groups in total. The van der Waals surface area contributed by atoms with Crippen molar-refractivity contribution in [1.29, 1.82) is 0 Å². The van der Waals surface area contributed by atoms with Gasteiger partial charge in [0, 0.05) is 31.1 Å². The van der Waals surface area contributed by atoms with E-state index < -0.39 is 5.41 Å². The number of benzene rings is 7. The van der Waals surface area contributed by atoms with Crippen molar-refractivity contribution in [1.82, 2.24) is 0 Å². The zero-order valence-corrected chi connectivity index (χ0v) is 33.6. The van der Waals surface area contributed by atoms with Crippen LogP contribution < -0.4 is 0 Å². The van der Waals surface area contributed by atoms with Crippen molar-refractivity contribution in [2.75, 3.05) is 0 Å². The number of aryl methyl sites for hydroxylation is 4. The molecule has 0 aromatic heterocycles. The number of phenolic OH excluding ortho intramolecular Hbond substituents is 6. The Bertz CT molecular complexity index is 2330. The molecule has 58 heavy (non-hydrogen) atoms. The maximum Gasteiger partial charge on any atom is 0.122 e. The molecule has 7 rings (SSSR count). The fourth-order valence-corrected chi connectivity index (χ4v) is 8.15. The molecule has 0 aliphatic heterocycles. The molecule has 7 aromatic rings. The molecule has 0 saturated heterocycles. The largest absolute Gasteiger partial charge is 0.508 e. The van der Waals surface area contributed by atoms with Gasteiger partial charge in [0.05, 0.1) is 0 Å². The molecule has 0 heterocycles. The summed E-state index contributed by atoms with van der Waals surface area (Å²) in [6.45, 7) is 9.98. The predicted molar refractivity (Wildman–Crippen MR) is 231 cm³/mol. The van der Waals surface area contributed by atoms with Gasteiger partial charge in [-0.3, -0.25) is 0 Å². The Hall–Kier alpha value is -6.66. The maximum absolute atomic E-state index is 12.1. The molecular formula is C52H50O6. The van der Waals surface area contributed by atoms with Crippen LogP contribution in [0, 0.1) is 27.7 Å². The summed E-state index contributed by atoms with van der Waals surface area (Å²) in [7, 11) is 0. The van der Waals surface area contributed by atoms with Crippen molar-refractivity contribution in [3.8, 4) is 34.5 Å². The second kappa shape index (κ2) is 16.1. The van der Waals surface area contributed by atoms with Crippen LogP contribution in [-0.4, -0.2) is 30.6 Å². The van der Waals surface area contributed by atoms with Gasteiger partial charge in [-0.25, -0.2) is 0 Å². The Morgan fingerprint density at radius 1 is 0.328 bits per heavy atom. The van der Waals surface area contributed by atoms with E-state index in [1.165, 1.54) is 0 Å². The van der Waals surface area contributed by atoms with Crippen LogP contribution in [0.15, 0.2) is 127 Å². The predicted octanol–water partition coefficient (Wildman–Crippen LogP) is 10.9. The second-order valence-corrected chi connectivity index (χ2v) is 16.0. The first-order valence-electron chi connectivity index (χ1n) is 19.6. The molecule has 0 aliphatic rings. The second-order valence-electron chi connectivity index (χ2n) is 16.0. The van der Waals surface area contributed by atoms with E-state index >= 15 is 0 Å². The standard InChI is InChI=1S/C52H50O6/c1-31-11-15-46(53)35(19-31)23-39-27-44(28-40(50(39)57)24-36-20-32(2)12-16-47(36)54)52(5,43-9-7-6-8-10-43)45-29-41(25-37-21-33(3)13-17-48(37)55)51(58)42(30-45)26-38-22-34(4)14-18-49(38)56/h6-22,27-30,53-58H,23-26H2,1-5H3. The lowest BCUT2D eigenvalue weighted by molar-refractivity contribution is 0.455. The Labute approximate surface area is 340 Å². The van der Waals surface area contributed by atoms with Gasteiger partial charge in [-0.1, -0.05) is 125 Å². The van der Waals surface area contributed by atoms with Crippen LogP contribution in [0.5, 0.6) is 34.5 Å². The Balaban J connectivity index is 1.50. The summed E-state index contributed by atoms with van der Waals surface area (Å²) >= 11 is 0. The molecule has 0 radical (unpaired) electrons. The number of hydrogen-bond donors (Lipinski definition) is 6. The van der Waals surface area contributed by atoms with E-state index in [9.17, 15) is 30.6 Å². The number of rotatable bonds is 11. The first kappa shape index (κ1) is 39.6. The highest BCUT2D eigenvalue weighted by Gasteiger charge is 2.34.